The Morgan fingerprint density at radius 1 is 1.27 bits per heavy atom. The number of hydrogen-bond donors (Lipinski definition) is 1. The third kappa shape index (κ3) is 1.05. The topological polar surface area (TPSA) is 46.2 Å². The summed E-state index contributed by atoms with van der Waals surface area (Å²) in [6.07, 6.45) is 0.868. The third-order valence-electron chi connectivity index (χ3n) is 2.28. The number of carbonyl (C=O) groups is 2. The Hall–Kier alpha value is -0.510. The summed E-state index contributed by atoms with van der Waals surface area (Å²) >= 11 is 1.76. The van der Waals surface area contributed by atoms with Gasteiger partial charge in [0.15, 0.2) is 0 Å². The maximum atomic E-state index is 11.1. The molecule has 0 aromatic rings. The Morgan fingerprint density at radius 2 is 2.00 bits per heavy atom. The highest BCUT2D eigenvalue weighted by atomic mass is 32.2. The number of imide groups is 1. The Bertz CT molecular complexity index is 194. The SMILES string of the molecule is O=C1NC(=O)[C@@H]2CCSC[C@H]12. The first-order chi connectivity index (χ1) is 5.29. The molecule has 1 N–H and O–H groups in total. The molecule has 0 radical (unpaired) electrons. The molecule has 2 fully saturated rings. The number of rotatable bonds is 0. The molecule has 60 valence electrons. The predicted molar refractivity (Wildman–Crippen MR) is 42.1 cm³/mol. The lowest BCUT2D eigenvalue weighted by Crippen LogP contribution is -2.24. The van der Waals surface area contributed by atoms with E-state index in [1.54, 1.807) is 11.8 Å². The van der Waals surface area contributed by atoms with E-state index < -0.39 is 0 Å². The molecule has 0 aromatic heterocycles. The van der Waals surface area contributed by atoms with Crippen molar-refractivity contribution in [1.29, 1.82) is 0 Å². The Labute approximate surface area is 68.9 Å². The molecule has 3 nitrogen and oxygen atoms in total. The lowest BCUT2D eigenvalue weighted by molar-refractivity contribution is -0.126. The molecular formula is C7H9NO2S. The number of hydrogen-bond acceptors (Lipinski definition) is 3. The van der Waals surface area contributed by atoms with Gasteiger partial charge in [-0.2, -0.15) is 11.8 Å². The number of fused-ring (bicyclic) bond motifs is 1. The molecule has 2 rings (SSSR count). The van der Waals surface area contributed by atoms with Crippen molar-refractivity contribution in [3.05, 3.63) is 0 Å². The summed E-state index contributed by atoms with van der Waals surface area (Å²) in [6.45, 7) is 0. The minimum atomic E-state index is -0.0628. The Balaban J connectivity index is 2.19. The highest BCUT2D eigenvalue weighted by Crippen LogP contribution is 2.32. The maximum absolute atomic E-state index is 11.1. The lowest BCUT2D eigenvalue weighted by atomic mass is 9.94. The standard InChI is InChI=1S/C7H9NO2S/c9-6-4-1-2-11-3-5(4)7(10)8-6/h4-5H,1-3H2,(H,8,9,10)/t4-,5+/m1/s1. The van der Waals surface area contributed by atoms with Crippen LogP contribution in [0, 0.1) is 11.8 Å². The van der Waals surface area contributed by atoms with Crippen molar-refractivity contribution >= 4 is 23.6 Å². The fourth-order valence-corrected chi connectivity index (χ4v) is 2.84. The smallest absolute Gasteiger partial charge is 0.231 e. The second kappa shape index (κ2) is 2.52. The van der Waals surface area contributed by atoms with E-state index in [0.29, 0.717) is 0 Å². The number of nitrogens with one attached hydrogen (secondary N) is 1. The molecule has 0 aliphatic carbocycles. The van der Waals surface area contributed by atoms with Crippen LogP contribution < -0.4 is 5.32 Å². The molecule has 2 aliphatic rings. The fraction of sp³-hybridized carbons (Fsp3) is 0.714. The first-order valence-electron chi connectivity index (χ1n) is 3.71. The van der Waals surface area contributed by atoms with Crippen LogP contribution in [-0.4, -0.2) is 23.3 Å². The van der Waals surface area contributed by atoms with Gasteiger partial charge in [-0.05, 0) is 12.2 Å². The minimum Gasteiger partial charge on any atom is -0.296 e. The van der Waals surface area contributed by atoms with Gasteiger partial charge >= 0.3 is 0 Å². The van der Waals surface area contributed by atoms with Crippen LogP contribution in [0.1, 0.15) is 6.42 Å². The largest absolute Gasteiger partial charge is 0.296 e. The zero-order valence-electron chi connectivity index (χ0n) is 6.00. The first-order valence-corrected chi connectivity index (χ1v) is 4.87. The number of amides is 2. The van der Waals surface area contributed by atoms with E-state index >= 15 is 0 Å². The van der Waals surface area contributed by atoms with Crippen molar-refractivity contribution in [2.75, 3.05) is 11.5 Å². The van der Waals surface area contributed by atoms with Crippen molar-refractivity contribution in [3.8, 4) is 0 Å². The first kappa shape index (κ1) is 7.16. The normalized spacial score (nSPS) is 36.7. The van der Waals surface area contributed by atoms with E-state index in [1.165, 1.54) is 0 Å². The van der Waals surface area contributed by atoms with Gasteiger partial charge in [0, 0.05) is 5.75 Å². The predicted octanol–water partition coefficient (Wildman–Crippen LogP) is 0.0121. The van der Waals surface area contributed by atoms with Crippen LogP contribution >= 0.6 is 11.8 Å². The zero-order chi connectivity index (χ0) is 7.84. The van der Waals surface area contributed by atoms with Gasteiger partial charge in [-0.1, -0.05) is 0 Å². The van der Waals surface area contributed by atoms with E-state index in [9.17, 15) is 9.59 Å². The van der Waals surface area contributed by atoms with Gasteiger partial charge in [0.2, 0.25) is 11.8 Å². The highest BCUT2D eigenvalue weighted by molar-refractivity contribution is 7.99. The van der Waals surface area contributed by atoms with E-state index in [-0.39, 0.29) is 23.7 Å². The van der Waals surface area contributed by atoms with Gasteiger partial charge in [0.05, 0.1) is 11.8 Å². The molecule has 0 saturated carbocycles. The van der Waals surface area contributed by atoms with Crippen molar-refractivity contribution in [1.82, 2.24) is 5.32 Å². The summed E-state index contributed by atoms with van der Waals surface area (Å²) in [7, 11) is 0. The fourth-order valence-electron chi connectivity index (χ4n) is 1.62. The Morgan fingerprint density at radius 3 is 2.73 bits per heavy atom. The van der Waals surface area contributed by atoms with Crippen molar-refractivity contribution in [2.24, 2.45) is 11.8 Å². The highest BCUT2D eigenvalue weighted by Gasteiger charge is 2.42. The molecule has 2 atom stereocenters. The molecule has 2 amide bonds. The molecule has 2 saturated heterocycles. The maximum Gasteiger partial charge on any atom is 0.231 e. The monoisotopic (exact) mass is 171 g/mol. The van der Waals surface area contributed by atoms with Crippen LogP contribution in [-0.2, 0) is 9.59 Å². The average Bonchev–Trinajstić information content (AvgIpc) is 2.30. The van der Waals surface area contributed by atoms with Crippen LogP contribution in [0.3, 0.4) is 0 Å². The molecule has 11 heavy (non-hydrogen) atoms. The molecule has 2 heterocycles. The molecule has 0 spiro atoms. The molecule has 0 bridgehead atoms. The van der Waals surface area contributed by atoms with E-state index in [1.807, 2.05) is 0 Å². The van der Waals surface area contributed by atoms with Crippen LogP contribution in [0.15, 0.2) is 0 Å². The summed E-state index contributed by atoms with van der Waals surface area (Å²) < 4.78 is 0. The molecule has 4 heteroatoms. The van der Waals surface area contributed by atoms with E-state index in [0.717, 1.165) is 17.9 Å². The summed E-state index contributed by atoms with van der Waals surface area (Å²) in [5.74, 6) is 1.68. The minimum absolute atomic E-state index is 0.0104. The summed E-state index contributed by atoms with van der Waals surface area (Å²) in [5, 5.41) is 2.37. The number of carbonyl (C=O) groups excluding carboxylic acids is 2. The van der Waals surface area contributed by atoms with E-state index in [2.05, 4.69) is 5.32 Å². The van der Waals surface area contributed by atoms with E-state index in [4.69, 9.17) is 0 Å². The van der Waals surface area contributed by atoms with Crippen LogP contribution in [0.4, 0.5) is 0 Å². The van der Waals surface area contributed by atoms with Gasteiger partial charge < -0.3 is 0 Å². The van der Waals surface area contributed by atoms with Crippen molar-refractivity contribution in [3.63, 3.8) is 0 Å². The number of thioether (sulfide) groups is 1. The van der Waals surface area contributed by atoms with Gasteiger partial charge in [0.1, 0.15) is 0 Å². The Kier molecular flexibility index (Phi) is 1.64. The second-order valence-electron chi connectivity index (χ2n) is 2.93. The summed E-state index contributed by atoms with van der Waals surface area (Å²) in [5.41, 5.74) is 0. The van der Waals surface area contributed by atoms with Gasteiger partial charge in [-0.15, -0.1) is 0 Å². The molecule has 2 aliphatic heterocycles. The third-order valence-corrected chi connectivity index (χ3v) is 3.40. The van der Waals surface area contributed by atoms with Crippen molar-refractivity contribution in [2.45, 2.75) is 6.42 Å². The quantitative estimate of drug-likeness (QED) is 0.522. The molecule has 0 aromatic carbocycles. The van der Waals surface area contributed by atoms with Gasteiger partial charge in [-0.25, -0.2) is 0 Å². The lowest BCUT2D eigenvalue weighted by Gasteiger charge is -2.19. The summed E-state index contributed by atoms with van der Waals surface area (Å²) in [6, 6.07) is 0. The average molecular weight is 171 g/mol. The summed E-state index contributed by atoms with van der Waals surface area (Å²) in [4.78, 5) is 22.2. The zero-order valence-corrected chi connectivity index (χ0v) is 6.82. The van der Waals surface area contributed by atoms with Crippen LogP contribution in [0.2, 0.25) is 0 Å². The van der Waals surface area contributed by atoms with Gasteiger partial charge in [-0.3, -0.25) is 14.9 Å². The van der Waals surface area contributed by atoms with Crippen LogP contribution in [0.5, 0.6) is 0 Å². The van der Waals surface area contributed by atoms with Gasteiger partial charge in [0.25, 0.3) is 0 Å². The van der Waals surface area contributed by atoms with Crippen LogP contribution in [0.25, 0.3) is 0 Å². The molecular weight excluding hydrogens is 162 g/mol. The molecule has 0 unspecified atom stereocenters. The second-order valence-corrected chi connectivity index (χ2v) is 4.08. The van der Waals surface area contributed by atoms with Crippen molar-refractivity contribution < 1.29 is 9.59 Å².